The molecule has 8 heteroatoms. The fourth-order valence-corrected chi connectivity index (χ4v) is 5.11. The Hall–Kier alpha value is -4.04. The van der Waals surface area contributed by atoms with E-state index in [-0.39, 0.29) is 42.1 Å². The van der Waals surface area contributed by atoms with Crippen LogP contribution in [0.4, 0.5) is 10.1 Å². The molecule has 2 aromatic carbocycles. The first kappa shape index (κ1) is 21.5. The minimum absolute atomic E-state index is 0.0222. The summed E-state index contributed by atoms with van der Waals surface area (Å²) in [5, 5.41) is 15.7. The number of pyridine rings is 2. The van der Waals surface area contributed by atoms with Crippen molar-refractivity contribution in [1.29, 1.82) is 0 Å². The molecule has 0 fully saturated rings. The lowest BCUT2D eigenvalue weighted by molar-refractivity contribution is -0.172. The average Bonchev–Trinajstić information content (AvgIpc) is 3.23. The number of nitrogens with zero attached hydrogens (tertiary/aromatic N) is 2. The number of hydrogen-bond donors (Lipinski definition) is 2. The van der Waals surface area contributed by atoms with Crippen molar-refractivity contribution in [3.63, 3.8) is 0 Å². The summed E-state index contributed by atoms with van der Waals surface area (Å²) in [5.41, 5.74) is 1.99. The molecule has 0 saturated heterocycles. The third-order valence-electron chi connectivity index (χ3n) is 6.89. The highest BCUT2D eigenvalue weighted by Crippen LogP contribution is 2.45. The molecule has 1 atom stereocenters. The van der Waals surface area contributed by atoms with Crippen LogP contribution in [0.25, 0.3) is 22.3 Å². The molecule has 176 valence electrons. The monoisotopic (exact) mass is 471 g/mol. The average molecular weight is 471 g/mol. The van der Waals surface area contributed by atoms with Crippen molar-refractivity contribution in [2.75, 3.05) is 5.32 Å². The van der Waals surface area contributed by atoms with Crippen LogP contribution in [0.3, 0.4) is 0 Å². The van der Waals surface area contributed by atoms with Gasteiger partial charge in [0.05, 0.1) is 34.7 Å². The van der Waals surface area contributed by atoms with Gasteiger partial charge >= 0.3 is 5.97 Å². The predicted octanol–water partition coefficient (Wildman–Crippen LogP) is 3.83. The molecule has 2 aliphatic heterocycles. The lowest BCUT2D eigenvalue weighted by Crippen LogP contribution is -2.45. The van der Waals surface area contributed by atoms with Crippen LogP contribution < -0.4 is 10.9 Å². The van der Waals surface area contributed by atoms with Crippen LogP contribution in [0.2, 0.25) is 0 Å². The highest BCUT2D eigenvalue weighted by atomic mass is 19.1. The molecule has 7 nitrogen and oxygen atoms in total. The molecule has 0 bridgehead atoms. The summed E-state index contributed by atoms with van der Waals surface area (Å²) in [5.74, 6) is -1.16. The summed E-state index contributed by atoms with van der Waals surface area (Å²) in [6.45, 7) is 1.96. The van der Waals surface area contributed by atoms with Crippen molar-refractivity contribution in [3.8, 4) is 11.4 Å². The highest BCUT2D eigenvalue weighted by molar-refractivity contribution is 5.92. The van der Waals surface area contributed by atoms with Gasteiger partial charge in [0, 0.05) is 23.1 Å². The second kappa shape index (κ2) is 7.74. The molecule has 2 aliphatic rings. The molecule has 35 heavy (non-hydrogen) atoms. The quantitative estimate of drug-likeness (QED) is 0.387. The number of nitrogens with one attached hydrogen (secondary N) is 1. The number of carbonyl (C=O) groups excluding carboxylic acids is 1. The predicted molar refractivity (Wildman–Crippen MR) is 128 cm³/mol. The van der Waals surface area contributed by atoms with Crippen molar-refractivity contribution in [3.05, 3.63) is 93.0 Å². The van der Waals surface area contributed by atoms with Gasteiger partial charge in [-0.25, -0.2) is 14.2 Å². The zero-order valence-electron chi connectivity index (χ0n) is 19.0. The molecule has 0 amide bonds. The van der Waals surface area contributed by atoms with Crippen molar-refractivity contribution in [2.45, 2.75) is 38.6 Å². The molecule has 2 N–H and O–H groups in total. The molecule has 4 aromatic rings. The van der Waals surface area contributed by atoms with E-state index in [0.29, 0.717) is 29.2 Å². The zero-order chi connectivity index (χ0) is 24.3. The highest BCUT2D eigenvalue weighted by Gasteiger charge is 2.48. The van der Waals surface area contributed by atoms with Gasteiger partial charge in [-0.3, -0.25) is 4.79 Å². The van der Waals surface area contributed by atoms with Crippen molar-refractivity contribution in [2.24, 2.45) is 0 Å². The first-order chi connectivity index (χ1) is 16.9. The number of aromatic nitrogens is 2. The van der Waals surface area contributed by atoms with Gasteiger partial charge in [0.15, 0.2) is 5.60 Å². The van der Waals surface area contributed by atoms with E-state index in [0.717, 1.165) is 16.5 Å². The first-order valence-corrected chi connectivity index (χ1v) is 11.5. The van der Waals surface area contributed by atoms with Crippen LogP contribution in [0.5, 0.6) is 0 Å². The van der Waals surface area contributed by atoms with Gasteiger partial charge in [0.25, 0.3) is 5.56 Å². The molecular weight excluding hydrogens is 449 g/mol. The fraction of sp³-hybridized carbons (Fsp3) is 0.222. The van der Waals surface area contributed by atoms with E-state index >= 15 is 0 Å². The summed E-state index contributed by atoms with van der Waals surface area (Å²) in [7, 11) is 0. The van der Waals surface area contributed by atoms with Crippen LogP contribution in [-0.2, 0) is 34.8 Å². The number of aliphatic hydroxyl groups is 1. The Morgan fingerprint density at radius 3 is 2.80 bits per heavy atom. The maximum atomic E-state index is 13.8. The van der Waals surface area contributed by atoms with Crippen LogP contribution in [0, 0.1) is 5.82 Å². The second-order valence-corrected chi connectivity index (χ2v) is 8.93. The smallest absolute Gasteiger partial charge is 0.343 e. The summed E-state index contributed by atoms with van der Waals surface area (Å²) in [6, 6.07) is 15.9. The van der Waals surface area contributed by atoms with Gasteiger partial charge in [0.2, 0.25) is 0 Å². The van der Waals surface area contributed by atoms with Crippen LogP contribution in [0.1, 0.15) is 35.6 Å². The summed E-state index contributed by atoms with van der Waals surface area (Å²) < 4.78 is 20.7. The Morgan fingerprint density at radius 1 is 1.17 bits per heavy atom. The number of hydrogen-bond acceptors (Lipinski definition) is 6. The third-order valence-corrected chi connectivity index (χ3v) is 6.89. The number of halogens is 1. The Bertz CT molecular complexity index is 1600. The number of para-hydroxylation sites is 1. The third kappa shape index (κ3) is 3.17. The van der Waals surface area contributed by atoms with Crippen LogP contribution in [0.15, 0.2) is 59.4 Å². The Kier molecular flexibility index (Phi) is 4.76. The minimum atomic E-state index is -1.99. The maximum Gasteiger partial charge on any atom is 0.343 e. The van der Waals surface area contributed by atoms with Crippen molar-refractivity contribution >= 4 is 22.6 Å². The van der Waals surface area contributed by atoms with E-state index in [9.17, 15) is 19.1 Å². The van der Waals surface area contributed by atoms with E-state index in [1.165, 1.54) is 12.1 Å². The van der Waals surface area contributed by atoms with E-state index in [1.54, 1.807) is 23.6 Å². The first-order valence-electron chi connectivity index (χ1n) is 11.5. The molecule has 0 aliphatic carbocycles. The lowest BCUT2D eigenvalue weighted by Gasteiger charge is -2.34. The number of ether oxygens (including phenoxy) is 1. The Balaban J connectivity index is 1.63. The topological polar surface area (TPSA) is 93.5 Å². The fourth-order valence-electron chi connectivity index (χ4n) is 5.11. The van der Waals surface area contributed by atoms with Crippen molar-refractivity contribution < 1.29 is 19.0 Å². The van der Waals surface area contributed by atoms with Gasteiger partial charge in [-0.1, -0.05) is 37.3 Å². The number of rotatable bonds is 4. The number of benzene rings is 2. The standard InChI is InChI=1S/C27H22FN3O4/c1-2-27(34)21-19(14-35-26(27)33)25(32)31-13-17-11-16-7-3-4-9-20(16)30-22(17)24(31)23(21)29-12-15-6-5-8-18(28)10-15/h3-11,29,34H,2,12-14H2,1H3/t27-/m0/s1. The molecule has 6 rings (SSSR count). The van der Waals surface area contributed by atoms with Crippen LogP contribution >= 0.6 is 0 Å². The minimum Gasteiger partial charge on any atom is -0.458 e. The summed E-state index contributed by atoms with van der Waals surface area (Å²) in [4.78, 5) is 31.2. The lowest BCUT2D eigenvalue weighted by atomic mass is 9.84. The van der Waals surface area contributed by atoms with E-state index in [1.807, 2.05) is 30.3 Å². The van der Waals surface area contributed by atoms with E-state index < -0.39 is 11.6 Å². The Labute approximate surface area is 199 Å². The number of anilines is 1. The SMILES string of the molecule is CC[C@@]1(O)C(=O)OCc2c1c(NCc1cccc(F)c1)c1n(c2=O)Cc2cc3ccccc3nc2-1. The zero-order valence-corrected chi connectivity index (χ0v) is 19.0. The van der Waals surface area contributed by atoms with Crippen LogP contribution in [-0.4, -0.2) is 20.6 Å². The molecule has 0 unspecified atom stereocenters. The second-order valence-electron chi connectivity index (χ2n) is 8.93. The van der Waals surface area contributed by atoms with Gasteiger partial charge in [0.1, 0.15) is 12.4 Å². The van der Waals surface area contributed by atoms with E-state index in [4.69, 9.17) is 9.72 Å². The molecule has 2 aromatic heterocycles. The van der Waals surface area contributed by atoms with Gasteiger partial charge in [-0.15, -0.1) is 0 Å². The van der Waals surface area contributed by atoms with Gasteiger partial charge < -0.3 is 19.7 Å². The molecule has 0 spiro atoms. The molecular formula is C27H22FN3O4. The number of carbonyl (C=O) groups is 1. The van der Waals surface area contributed by atoms with Crippen molar-refractivity contribution in [1.82, 2.24) is 9.55 Å². The van der Waals surface area contributed by atoms with Gasteiger partial charge in [-0.05, 0) is 36.2 Å². The summed E-state index contributed by atoms with van der Waals surface area (Å²) >= 11 is 0. The summed E-state index contributed by atoms with van der Waals surface area (Å²) in [6.07, 6.45) is 0.0222. The number of fused-ring (bicyclic) bond motifs is 5. The number of cyclic esters (lactones) is 1. The largest absolute Gasteiger partial charge is 0.458 e. The maximum absolute atomic E-state index is 13.8. The Morgan fingerprint density at radius 2 is 2.00 bits per heavy atom. The molecule has 0 saturated carbocycles. The molecule has 0 radical (unpaired) electrons. The normalized spacial score (nSPS) is 18.1. The van der Waals surface area contributed by atoms with Gasteiger partial charge in [-0.2, -0.15) is 0 Å². The van der Waals surface area contributed by atoms with E-state index in [2.05, 4.69) is 5.32 Å². The molecule has 4 heterocycles. The number of esters is 1.